The minimum absolute atomic E-state index is 0.369. The van der Waals surface area contributed by atoms with Gasteiger partial charge in [0.05, 0.1) is 11.2 Å². The number of hydrogen-bond acceptors (Lipinski definition) is 4. The van der Waals surface area contributed by atoms with Crippen molar-refractivity contribution in [2.24, 2.45) is 0 Å². The van der Waals surface area contributed by atoms with Crippen LogP contribution in [0.5, 0.6) is 0 Å². The van der Waals surface area contributed by atoms with E-state index in [0.29, 0.717) is 0 Å². The van der Waals surface area contributed by atoms with Crippen LogP contribution in [0.2, 0.25) is 0 Å². The van der Waals surface area contributed by atoms with Crippen LogP contribution in [0.1, 0.15) is 48.5 Å². The van der Waals surface area contributed by atoms with E-state index in [0.717, 1.165) is 5.20 Å². The molecule has 4 nitrogen and oxygen atoms in total. The van der Waals surface area contributed by atoms with Crippen molar-refractivity contribution in [2.45, 2.75) is 59.7 Å². The first kappa shape index (κ1) is 15.8. The van der Waals surface area contributed by atoms with E-state index in [1.54, 1.807) is 0 Å². The van der Waals surface area contributed by atoms with Crippen molar-refractivity contribution in [1.82, 2.24) is 0 Å². The first-order valence-corrected chi connectivity index (χ1v) is 6.88. The fraction of sp³-hybridized carbons (Fsp3) is 0.818. The summed E-state index contributed by atoms with van der Waals surface area (Å²) in [6, 6.07) is 0. The quantitative estimate of drug-likeness (QED) is 0.426. The molecule has 0 aromatic rings. The van der Waals surface area contributed by atoms with Crippen molar-refractivity contribution in [2.75, 3.05) is 0 Å². The molecule has 0 aliphatic heterocycles. The Bertz CT molecular complexity index is 209. The van der Waals surface area contributed by atoms with Gasteiger partial charge in [0.1, 0.15) is 0 Å². The minimum Gasteiger partial charge on any atom is -0.247 e. The average Bonchev–Trinajstić information content (AvgIpc) is 1.98. The molecule has 0 N–H and O–H groups in total. The van der Waals surface area contributed by atoms with E-state index in [2.05, 4.69) is 6.58 Å². The molecular weight excluding hydrogens is 224 g/mol. The van der Waals surface area contributed by atoms with E-state index in [1.165, 1.54) is 0 Å². The maximum Gasteiger partial charge on any atom is 0.421 e. The fourth-order valence-corrected chi connectivity index (χ4v) is 1.67. The summed E-state index contributed by atoms with van der Waals surface area (Å²) in [7, 11) is -2.15. The van der Waals surface area contributed by atoms with Crippen LogP contribution >= 0.6 is 0 Å². The maximum atomic E-state index is 5.26. The van der Waals surface area contributed by atoms with Gasteiger partial charge < -0.3 is 0 Å². The highest BCUT2D eigenvalue weighted by molar-refractivity contribution is 6.52. The van der Waals surface area contributed by atoms with Crippen molar-refractivity contribution in [1.29, 1.82) is 0 Å². The first-order valence-electron chi connectivity index (χ1n) is 5.36. The highest BCUT2D eigenvalue weighted by atomic mass is 28.3. The zero-order valence-corrected chi connectivity index (χ0v) is 12.6. The summed E-state index contributed by atoms with van der Waals surface area (Å²) in [5.41, 5.74) is -0.739. The van der Waals surface area contributed by atoms with Gasteiger partial charge in [0.15, 0.2) is 0 Å². The fourth-order valence-electron chi connectivity index (χ4n) is 0.556. The smallest absolute Gasteiger partial charge is 0.247 e. The molecule has 0 saturated carbocycles. The lowest BCUT2D eigenvalue weighted by molar-refractivity contribution is -0.338. The van der Waals surface area contributed by atoms with Gasteiger partial charge in [-0.05, 0) is 53.7 Å². The molecule has 0 atom stereocenters. The number of allylic oxidation sites excluding steroid dienone is 1. The Kier molecular flexibility index (Phi) is 5.85. The van der Waals surface area contributed by atoms with Gasteiger partial charge in [0.2, 0.25) is 0 Å². The Morgan fingerprint density at radius 2 is 1.19 bits per heavy atom. The lowest BCUT2D eigenvalue weighted by atomic mass is 10.2. The molecule has 5 heteroatoms. The van der Waals surface area contributed by atoms with Gasteiger partial charge in [0, 0.05) is 0 Å². The van der Waals surface area contributed by atoms with Crippen LogP contribution in [0, 0.1) is 0 Å². The van der Waals surface area contributed by atoms with E-state index in [-0.39, 0.29) is 11.2 Å². The highest BCUT2D eigenvalue weighted by Crippen LogP contribution is 2.14. The van der Waals surface area contributed by atoms with E-state index >= 15 is 0 Å². The van der Waals surface area contributed by atoms with Gasteiger partial charge in [-0.3, -0.25) is 0 Å². The summed E-state index contributed by atoms with van der Waals surface area (Å²) in [5.74, 6) is 0. The summed E-state index contributed by atoms with van der Waals surface area (Å²) < 4.78 is 10.5. The topological polar surface area (TPSA) is 36.9 Å². The second-order valence-corrected chi connectivity index (χ2v) is 7.80. The van der Waals surface area contributed by atoms with Crippen LogP contribution in [0.15, 0.2) is 11.8 Å². The largest absolute Gasteiger partial charge is 0.421 e. The van der Waals surface area contributed by atoms with Gasteiger partial charge in [-0.25, -0.2) is 18.9 Å². The van der Waals surface area contributed by atoms with E-state index < -0.39 is 9.28 Å². The summed E-state index contributed by atoms with van der Waals surface area (Å²) in [6.07, 6.45) is 0. The van der Waals surface area contributed by atoms with Crippen LogP contribution in [-0.4, -0.2) is 20.5 Å². The van der Waals surface area contributed by atoms with Crippen molar-refractivity contribution in [3.05, 3.63) is 11.8 Å². The molecule has 0 radical (unpaired) electrons. The molecule has 0 bridgehead atoms. The number of rotatable bonds is 5. The predicted octanol–water partition coefficient (Wildman–Crippen LogP) is 2.82. The second-order valence-electron chi connectivity index (χ2n) is 5.76. The molecular formula is C11H24O4Si. The van der Waals surface area contributed by atoms with Crippen LogP contribution in [0.3, 0.4) is 0 Å². The van der Waals surface area contributed by atoms with Crippen molar-refractivity contribution >= 4 is 9.28 Å². The van der Waals surface area contributed by atoms with E-state index in [9.17, 15) is 0 Å². The first-order chi connectivity index (χ1) is 7.01. The molecule has 0 spiro atoms. The van der Waals surface area contributed by atoms with Gasteiger partial charge in [-0.1, -0.05) is 6.58 Å². The summed E-state index contributed by atoms with van der Waals surface area (Å²) in [4.78, 5) is 10.4. The lowest BCUT2D eigenvalue weighted by Crippen LogP contribution is -2.33. The van der Waals surface area contributed by atoms with Crippen molar-refractivity contribution in [3.63, 3.8) is 0 Å². The molecule has 0 amide bonds. The van der Waals surface area contributed by atoms with E-state index in [4.69, 9.17) is 18.9 Å². The normalized spacial score (nSPS) is 13.2. The Labute approximate surface area is 100 Å². The third-order valence-corrected chi connectivity index (χ3v) is 2.52. The molecule has 96 valence electrons. The van der Waals surface area contributed by atoms with Gasteiger partial charge in [-0.15, -0.1) is 0 Å². The Morgan fingerprint density at radius 1 is 0.875 bits per heavy atom. The van der Waals surface area contributed by atoms with Gasteiger partial charge >= 0.3 is 9.28 Å². The molecule has 0 aromatic carbocycles. The van der Waals surface area contributed by atoms with Gasteiger partial charge in [-0.2, -0.15) is 0 Å². The van der Waals surface area contributed by atoms with E-state index in [1.807, 2.05) is 48.5 Å². The second kappa shape index (κ2) is 5.93. The molecule has 0 unspecified atom stereocenters. The zero-order valence-electron chi connectivity index (χ0n) is 11.4. The van der Waals surface area contributed by atoms with Crippen LogP contribution in [-0.2, 0) is 18.9 Å². The molecule has 0 aliphatic rings. The van der Waals surface area contributed by atoms with Crippen LogP contribution in [0.4, 0.5) is 0 Å². The zero-order chi connectivity index (χ0) is 13.0. The molecule has 0 heterocycles. The maximum absolute atomic E-state index is 5.26. The summed E-state index contributed by atoms with van der Waals surface area (Å²) in [5, 5.41) is 0.813. The van der Waals surface area contributed by atoms with Crippen molar-refractivity contribution < 1.29 is 18.9 Å². The Morgan fingerprint density at radius 3 is 1.38 bits per heavy atom. The molecule has 0 aliphatic carbocycles. The molecule has 0 fully saturated rings. The molecule has 0 aromatic heterocycles. The number of hydrogen-bond donors (Lipinski definition) is 0. The van der Waals surface area contributed by atoms with Crippen LogP contribution in [0.25, 0.3) is 0 Å². The minimum atomic E-state index is -2.15. The predicted molar refractivity (Wildman–Crippen MR) is 65.8 cm³/mol. The standard InChI is InChI=1S/C11H24O4Si/c1-9(2)16(14-12-10(3,4)5)15-13-11(6,7)8/h16H,1H2,2-8H3. The lowest BCUT2D eigenvalue weighted by Gasteiger charge is -2.25. The third-order valence-electron chi connectivity index (χ3n) is 1.17. The van der Waals surface area contributed by atoms with Crippen LogP contribution < -0.4 is 0 Å². The molecule has 0 rings (SSSR count). The molecule has 16 heavy (non-hydrogen) atoms. The Balaban J connectivity index is 4.15. The van der Waals surface area contributed by atoms with Crippen molar-refractivity contribution in [3.8, 4) is 0 Å². The molecule has 0 saturated heterocycles. The SMILES string of the molecule is C=C(C)[SiH](OOC(C)(C)C)OOC(C)(C)C. The Hall–Kier alpha value is -0.203. The summed E-state index contributed by atoms with van der Waals surface area (Å²) in [6.45, 7) is 17.1. The highest BCUT2D eigenvalue weighted by Gasteiger charge is 2.24. The van der Waals surface area contributed by atoms with Gasteiger partial charge in [0.25, 0.3) is 0 Å². The summed E-state index contributed by atoms with van der Waals surface area (Å²) >= 11 is 0. The monoisotopic (exact) mass is 248 g/mol. The third kappa shape index (κ3) is 9.05. The average molecular weight is 248 g/mol.